The Bertz CT molecular complexity index is 720. The van der Waals surface area contributed by atoms with Crippen LogP contribution in [-0.4, -0.2) is 34.2 Å². The van der Waals surface area contributed by atoms with Gasteiger partial charge in [-0.25, -0.2) is 9.07 Å². The van der Waals surface area contributed by atoms with Gasteiger partial charge in [0.15, 0.2) is 0 Å². The molecule has 1 aliphatic carbocycles. The van der Waals surface area contributed by atoms with Gasteiger partial charge in [-0.2, -0.15) is 5.10 Å². The van der Waals surface area contributed by atoms with Crippen LogP contribution in [0.4, 0.5) is 10.2 Å². The van der Waals surface area contributed by atoms with Gasteiger partial charge in [-0.05, 0) is 44.5 Å². The van der Waals surface area contributed by atoms with E-state index in [9.17, 15) is 9.18 Å². The monoisotopic (exact) mass is 344 g/mol. The number of amides is 1. The zero-order valence-corrected chi connectivity index (χ0v) is 14.8. The van der Waals surface area contributed by atoms with E-state index in [1.807, 2.05) is 29.7 Å². The predicted molar refractivity (Wildman–Crippen MR) is 95.8 cm³/mol. The summed E-state index contributed by atoms with van der Waals surface area (Å²) in [6.45, 7) is 2.83. The van der Waals surface area contributed by atoms with Crippen molar-refractivity contribution in [1.82, 2.24) is 14.7 Å². The first kappa shape index (κ1) is 17.6. The molecule has 0 atom stereocenters. The topological polar surface area (TPSA) is 50.2 Å². The van der Waals surface area contributed by atoms with Crippen LogP contribution in [0.15, 0.2) is 30.5 Å². The van der Waals surface area contributed by atoms with Crippen molar-refractivity contribution in [1.29, 1.82) is 0 Å². The number of anilines is 1. The molecule has 1 aromatic carbocycles. The fourth-order valence-corrected chi connectivity index (χ4v) is 3.40. The van der Waals surface area contributed by atoms with Gasteiger partial charge in [-0.1, -0.05) is 25.0 Å². The van der Waals surface area contributed by atoms with Crippen LogP contribution in [0.5, 0.6) is 0 Å². The van der Waals surface area contributed by atoms with E-state index in [4.69, 9.17) is 0 Å². The standard InChI is InChI=1S/C19H25FN4O/c1-14-11-21-24(17-5-3-4-6-17)19(14)22-18(25)13-23(2)12-15-7-9-16(20)10-8-15/h7-11,17H,3-6,12-13H2,1-2H3,(H,22,25). The zero-order valence-electron chi connectivity index (χ0n) is 14.8. The summed E-state index contributed by atoms with van der Waals surface area (Å²) < 4.78 is 14.9. The van der Waals surface area contributed by atoms with Crippen LogP contribution in [0.1, 0.15) is 42.9 Å². The number of benzene rings is 1. The first-order valence-electron chi connectivity index (χ1n) is 8.80. The Morgan fingerprint density at radius 1 is 1.32 bits per heavy atom. The van der Waals surface area contributed by atoms with E-state index >= 15 is 0 Å². The second kappa shape index (κ2) is 7.78. The third-order valence-corrected chi connectivity index (χ3v) is 4.69. The lowest BCUT2D eigenvalue weighted by Gasteiger charge is -2.19. The van der Waals surface area contributed by atoms with Crippen molar-refractivity contribution >= 4 is 11.7 Å². The molecule has 0 radical (unpaired) electrons. The fraction of sp³-hybridized carbons (Fsp3) is 0.474. The minimum atomic E-state index is -0.250. The normalized spacial score (nSPS) is 15.0. The van der Waals surface area contributed by atoms with Crippen LogP contribution in [0.3, 0.4) is 0 Å². The number of carbonyl (C=O) groups excluding carboxylic acids is 1. The van der Waals surface area contributed by atoms with Crippen molar-refractivity contribution in [3.05, 3.63) is 47.4 Å². The lowest BCUT2D eigenvalue weighted by Crippen LogP contribution is -2.31. The van der Waals surface area contributed by atoms with Crippen LogP contribution >= 0.6 is 0 Å². The molecule has 1 amide bonds. The predicted octanol–water partition coefficient (Wildman–Crippen LogP) is 3.52. The van der Waals surface area contributed by atoms with Crippen LogP contribution in [0, 0.1) is 12.7 Å². The molecule has 6 heteroatoms. The number of nitrogens with zero attached hydrogens (tertiary/aromatic N) is 3. The van der Waals surface area contributed by atoms with Crippen LogP contribution in [0.2, 0.25) is 0 Å². The summed E-state index contributed by atoms with van der Waals surface area (Å²) in [6, 6.07) is 6.74. The number of carbonyl (C=O) groups is 1. The Labute approximate surface area is 147 Å². The smallest absolute Gasteiger partial charge is 0.239 e. The van der Waals surface area contributed by atoms with Crippen molar-refractivity contribution in [2.24, 2.45) is 0 Å². The van der Waals surface area contributed by atoms with Crippen LogP contribution < -0.4 is 5.32 Å². The van der Waals surface area contributed by atoms with Crippen molar-refractivity contribution in [2.45, 2.75) is 45.2 Å². The number of halogens is 1. The van der Waals surface area contributed by atoms with E-state index in [0.29, 0.717) is 12.6 Å². The fourth-order valence-electron chi connectivity index (χ4n) is 3.40. The second-order valence-electron chi connectivity index (χ2n) is 6.91. The highest BCUT2D eigenvalue weighted by Crippen LogP contribution is 2.32. The minimum absolute atomic E-state index is 0.0625. The third kappa shape index (κ3) is 4.45. The number of hydrogen-bond acceptors (Lipinski definition) is 3. The first-order chi connectivity index (χ1) is 12.0. The molecule has 1 saturated carbocycles. The number of aryl methyl sites for hydroxylation is 1. The number of hydrogen-bond donors (Lipinski definition) is 1. The number of aromatic nitrogens is 2. The number of nitrogens with one attached hydrogen (secondary N) is 1. The highest BCUT2D eigenvalue weighted by molar-refractivity contribution is 5.92. The van der Waals surface area contributed by atoms with Crippen molar-refractivity contribution in [3.8, 4) is 0 Å². The van der Waals surface area contributed by atoms with E-state index < -0.39 is 0 Å². The van der Waals surface area contributed by atoms with E-state index in [2.05, 4.69) is 10.4 Å². The van der Waals surface area contributed by atoms with Gasteiger partial charge >= 0.3 is 0 Å². The summed E-state index contributed by atoms with van der Waals surface area (Å²) in [5.74, 6) is 0.499. The average Bonchev–Trinajstić information content (AvgIpc) is 3.20. The lowest BCUT2D eigenvalue weighted by atomic mass is 10.2. The SMILES string of the molecule is Cc1cnn(C2CCCC2)c1NC(=O)CN(C)Cc1ccc(F)cc1. The van der Waals surface area contributed by atoms with Gasteiger partial charge in [0.1, 0.15) is 11.6 Å². The lowest BCUT2D eigenvalue weighted by molar-refractivity contribution is -0.117. The summed E-state index contributed by atoms with van der Waals surface area (Å²) in [5, 5.41) is 7.48. The molecule has 1 N–H and O–H groups in total. The Morgan fingerprint density at radius 2 is 2.00 bits per heavy atom. The second-order valence-corrected chi connectivity index (χ2v) is 6.91. The summed E-state index contributed by atoms with van der Waals surface area (Å²) >= 11 is 0. The molecule has 0 bridgehead atoms. The van der Waals surface area contributed by atoms with Crippen LogP contribution in [-0.2, 0) is 11.3 Å². The first-order valence-corrected chi connectivity index (χ1v) is 8.80. The zero-order chi connectivity index (χ0) is 17.8. The summed E-state index contributed by atoms with van der Waals surface area (Å²) in [6.07, 6.45) is 6.49. The van der Waals surface area contributed by atoms with Gasteiger partial charge in [0, 0.05) is 12.1 Å². The maximum absolute atomic E-state index is 13.0. The summed E-state index contributed by atoms with van der Waals surface area (Å²) in [5.41, 5.74) is 1.96. The molecule has 1 fully saturated rings. The van der Waals surface area contributed by atoms with Gasteiger partial charge in [0.2, 0.25) is 5.91 Å². The Balaban J connectivity index is 1.59. The molecular weight excluding hydrogens is 319 g/mol. The Hall–Kier alpha value is -2.21. The van der Waals surface area contributed by atoms with E-state index in [-0.39, 0.29) is 18.3 Å². The van der Waals surface area contributed by atoms with Gasteiger partial charge in [0.05, 0.1) is 18.8 Å². The third-order valence-electron chi connectivity index (χ3n) is 4.69. The van der Waals surface area contributed by atoms with Gasteiger partial charge < -0.3 is 5.32 Å². The van der Waals surface area contributed by atoms with Gasteiger partial charge in [-0.15, -0.1) is 0 Å². The molecule has 2 aromatic rings. The molecule has 3 rings (SSSR count). The van der Waals surface area contributed by atoms with Crippen molar-refractivity contribution in [3.63, 3.8) is 0 Å². The average molecular weight is 344 g/mol. The molecule has 0 unspecified atom stereocenters. The van der Waals surface area contributed by atoms with Gasteiger partial charge in [-0.3, -0.25) is 9.69 Å². The molecule has 134 valence electrons. The number of rotatable bonds is 6. The maximum Gasteiger partial charge on any atom is 0.239 e. The highest BCUT2D eigenvalue weighted by atomic mass is 19.1. The molecule has 25 heavy (non-hydrogen) atoms. The minimum Gasteiger partial charge on any atom is -0.310 e. The summed E-state index contributed by atoms with van der Waals surface area (Å²) in [4.78, 5) is 14.3. The molecule has 1 aliphatic rings. The molecule has 0 aliphatic heterocycles. The Morgan fingerprint density at radius 3 is 2.68 bits per heavy atom. The van der Waals surface area contributed by atoms with E-state index in [1.54, 1.807) is 12.1 Å². The molecule has 0 spiro atoms. The molecule has 1 heterocycles. The maximum atomic E-state index is 13.0. The van der Waals surface area contributed by atoms with E-state index in [0.717, 1.165) is 29.8 Å². The van der Waals surface area contributed by atoms with Crippen molar-refractivity contribution < 1.29 is 9.18 Å². The van der Waals surface area contributed by atoms with Crippen molar-refractivity contribution in [2.75, 3.05) is 18.9 Å². The van der Waals surface area contributed by atoms with Gasteiger partial charge in [0.25, 0.3) is 0 Å². The van der Waals surface area contributed by atoms with Crippen LogP contribution in [0.25, 0.3) is 0 Å². The molecule has 1 aromatic heterocycles. The highest BCUT2D eigenvalue weighted by Gasteiger charge is 2.22. The Kier molecular flexibility index (Phi) is 5.48. The molecular formula is C19H25FN4O. The number of likely N-dealkylation sites (N-methyl/N-ethyl adjacent to an activating group) is 1. The quantitative estimate of drug-likeness (QED) is 0.872. The summed E-state index contributed by atoms with van der Waals surface area (Å²) in [7, 11) is 1.88. The molecule has 5 nitrogen and oxygen atoms in total. The molecule has 0 saturated heterocycles. The van der Waals surface area contributed by atoms with E-state index in [1.165, 1.54) is 25.0 Å². The largest absolute Gasteiger partial charge is 0.310 e.